The summed E-state index contributed by atoms with van der Waals surface area (Å²) in [4.78, 5) is 14.0. The molecule has 0 radical (unpaired) electrons. The molecule has 1 fully saturated rings. The fourth-order valence-corrected chi connectivity index (χ4v) is 2.74. The topological polar surface area (TPSA) is 60.8 Å². The van der Waals surface area contributed by atoms with Crippen LogP contribution in [0.15, 0.2) is 18.2 Å². The maximum atomic E-state index is 12.3. The maximum absolute atomic E-state index is 12.3. The molecule has 4 nitrogen and oxygen atoms in total. The molecular formula is C15H21NO3. The van der Waals surface area contributed by atoms with Gasteiger partial charge in [-0.05, 0) is 30.9 Å². The summed E-state index contributed by atoms with van der Waals surface area (Å²) in [7, 11) is 0. The third-order valence-corrected chi connectivity index (χ3v) is 3.83. The first kappa shape index (κ1) is 13.7. The molecule has 1 amide bonds. The number of hydrogen-bond donors (Lipinski definition) is 2. The van der Waals surface area contributed by atoms with Gasteiger partial charge in [-0.3, -0.25) is 4.79 Å². The molecule has 0 unspecified atom stereocenters. The van der Waals surface area contributed by atoms with Crippen molar-refractivity contribution < 1.29 is 15.0 Å². The third kappa shape index (κ3) is 3.00. The van der Waals surface area contributed by atoms with Crippen LogP contribution in [0, 0.1) is 5.92 Å². The number of nitrogens with zero attached hydrogens (tertiary/aromatic N) is 1. The molecular weight excluding hydrogens is 242 g/mol. The Morgan fingerprint density at radius 2 is 1.84 bits per heavy atom. The standard InChI is InChI=1S/C15H21NO3/c1-2-4-11-7-9-16(10-8-11)15(19)14-12(17)5-3-6-13(14)18/h3,5-6,11,17-18H,2,4,7-10H2,1H3. The van der Waals surface area contributed by atoms with Gasteiger partial charge in [-0.1, -0.05) is 25.8 Å². The average molecular weight is 263 g/mol. The fraction of sp³-hybridized carbons (Fsp3) is 0.533. The van der Waals surface area contributed by atoms with Gasteiger partial charge in [0.1, 0.15) is 17.1 Å². The second-order valence-electron chi connectivity index (χ2n) is 5.20. The smallest absolute Gasteiger partial charge is 0.261 e. The molecule has 1 aromatic carbocycles. The lowest BCUT2D eigenvalue weighted by atomic mass is 9.92. The van der Waals surface area contributed by atoms with Gasteiger partial charge < -0.3 is 15.1 Å². The van der Waals surface area contributed by atoms with Gasteiger partial charge >= 0.3 is 0 Å². The van der Waals surface area contributed by atoms with Crippen LogP contribution in [-0.2, 0) is 0 Å². The number of phenolic OH excluding ortho intramolecular Hbond substituents is 2. The quantitative estimate of drug-likeness (QED) is 0.881. The molecule has 0 aromatic heterocycles. The monoisotopic (exact) mass is 263 g/mol. The predicted molar refractivity (Wildman–Crippen MR) is 73.3 cm³/mol. The van der Waals surface area contributed by atoms with E-state index in [1.807, 2.05) is 0 Å². The number of phenols is 2. The minimum atomic E-state index is -0.273. The van der Waals surface area contributed by atoms with Crippen molar-refractivity contribution >= 4 is 5.91 Å². The molecule has 1 aromatic rings. The van der Waals surface area contributed by atoms with E-state index in [4.69, 9.17) is 0 Å². The maximum Gasteiger partial charge on any atom is 0.261 e. The molecule has 1 aliphatic heterocycles. The Bertz CT molecular complexity index is 430. The fourth-order valence-electron chi connectivity index (χ4n) is 2.74. The van der Waals surface area contributed by atoms with Crippen molar-refractivity contribution in [2.24, 2.45) is 5.92 Å². The molecule has 1 heterocycles. The predicted octanol–water partition coefficient (Wildman–Crippen LogP) is 2.75. The number of likely N-dealkylation sites (tertiary alicyclic amines) is 1. The number of amides is 1. The van der Waals surface area contributed by atoms with E-state index in [-0.39, 0.29) is 23.0 Å². The van der Waals surface area contributed by atoms with E-state index >= 15 is 0 Å². The SMILES string of the molecule is CCCC1CCN(C(=O)c2c(O)cccc2O)CC1. The number of carbonyl (C=O) groups excluding carboxylic acids is 1. The average Bonchev–Trinajstić information content (AvgIpc) is 2.39. The molecule has 0 saturated carbocycles. The van der Waals surface area contributed by atoms with E-state index < -0.39 is 0 Å². The van der Waals surface area contributed by atoms with E-state index in [0.717, 1.165) is 12.8 Å². The van der Waals surface area contributed by atoms with Crippen molar-refractivity contribution in [2.45, 2.75) is 32.6 Å². The minimum absolute atomic E-state index is 0.0245. The van der Waals surface area contributed by atoms with E-state index in [1.54, 1.807) is 4.90 Å². The van der Waals surface area contributed by atoms with Crippen LogP contribution < -0.4 is 0 Å². The summed E-state index contributed by atoms with van der Waals surface area (Å²) >= 11 is 0. The number of rotatable bonds is 3. The Kier molecular flexibility index (Phi) is 4.30. The number of piperidine rings is 1. The molecule has 2 N–H and O–H groups in total. The van der Waals surface area contributed by atoms with Crippen molar-refractivity contribution in [3.63, 3.8) is 0 Å². The molecule has 19 heavy (non-hydrogen) atoms. The Morgan fingerprint density at radius 3 is 2.37 bits per heavy atom. The van der Waals surface area contributed by atoms with Crippen LogP contribution in [0.1, 0.15) is 43.0 Å². The Hall–Kier alpha value is -1.71. The van der Waals surface area contributed by atoms with Crippen molar-refractivity contribution in [1.29, 1.82) is 0 Å². The van der Waals surface area contributed by atoms with E-state index in [9.17, 15) is 15.0 Å². The molecule has 0 aliphatic carbocycles. The Morgan fingerprint density at radius 1 is 1.26 bits per heavy atom. The lowest BCUT2D eigenvalue weighted by Crippen LogP contribution is -2.38. The van der Waals surface area contributed by atoms with Gasteiger partial charge in [-0.15, -0.1) is 0 Å². The first-order valence-corrected chi connectivity index (χ1v) is 6.93. The number of carbonyl (C=O) groups is 1. The Labute approximate surface area is 113 Å². The van der Waals surface area contributed by atoms with Crippen molar-refractivity contribution in [2.75, 3.05) is 13.1 Å². The van der Waals surface area contributed by atoms with Crippen molar-refractivity contribution in [3.05, 3.63) is 23.8 Å². The summed E-state index contributed by atoms with van der Waals surface area (Å²) in [5, 5.41) is 19.4. The van der Waals surface area contributed by atoms with Crippen molar-refractivity contribution in [3.8, 4) is 11.5 Å². The summed E-state index contributed by atoms with van der Waals surface area (Å²) < 4.78 is 0. The summed E-state index contributed by atoms with van der Waals surface area (Å²) in [6, 6.07) is 4.38. The Balaban J connectivity index is 2.05. The van der Waals surface area contributed by atoms with Crippen LogP contribution in [0.25, 0.3) is 0 Å². The van der Waals surface area contributed by atoms with Gasteiger partial charge in [0.05, 0.1) is 0 Å². The van der Waals surface area contributed by atoms with Gasteiger partial charge in [0, 0.05) is 13.1 Å². The zero-order valence-electron chi connectivity index (χ0n) is 11.3. The van der Waals surface area contributed by atoms with E-state index in [2.05, 4.69) is 6.92 Å². The van der Waals surface area contributed by atoms with E-state index in [1.165, 1.54) is 31.0 Å². The molecule has 104 valence electrons. The van der Waals surface area contributed by atoms with Crippen LogP contribution in [0.3, 0.4) is 0 Å². The van der Waals surface area contributed by atoms with Crippen LogP contribution >= 0.6 is 0 Å². The first-order valence-electron chi connectivity index (χ1n) is 6.93. The second-order valence-corrected chi connectivity index (χ2v) is 5.20. The normalized spacial score (nSPS) is 16.6. The van der Waals surface area contributed by atoms with Gasteiger partial charge in [0.25, 0.3) is 5.91 Å². The summed E-state index contributed by atoms with van der Waals surface area (Å²) in [5.74, 6) is 0.124. The lowest BCUT2D eigenvalue weighted by Gasteiger charge is -2.32. The minimum Gasteiger partial charge on any atom is -0.507 e. The van der Waals surface area contributed by atoms with Gasteiger partial charge in [0.2, 0.25) is 0 Å². The van der Waals surface area contributed by atoms with Gasteiger partial charge in [-0.25, -0.2) is 0 Å². The zero-order valence-corrected chi connectivity index (χ0v) is 11.3. The second kappa shape index (κ2) is 5.95. The molecule has 4 heteroatoms. The summed E-state index contributed by atoms with van der Waals surface area (Å²) in [6.07, 6.45) is 4.41. The molecule has 1 saturated heterocycles. The molecule has 0 spiro atoms. The highest BCUT2D eigenvalue weighted by Gasteiger charge is 2.26. The zero-order chi connectivity index (χ0) is 13.8. The van der Waals surface area contributed by atoms with Gasteiger partial charge in [0.15, 0.2) is 0 Å². The number of benzene rings is 1. The first-order chi connectivity index (χ1) is 9.13. The molecule has 0 atom stereocenters. The highest BCUT2D eigenvalue weighted by atomic mass is 16.3. The lowest BCUT2D eigenvalue weighted by molar-refractivity contribution is 0.0680. The third-order valence-electron chi connectivity index (χ3n) is 3.83. The molecule has 2 rings (SSSR count). The molecule has 1 aliphatic rings. The van der Waals surface area contributed by atoms with Crippen LogP contribution in [0.2, 0.25) is 0 Å². The highest BCUT2D eigenvalue weighted by Crippen LogP contribution is 2.30. The molecule has 0 bridgehead atoms. The number of hydrogen-bond acceptors (Lipinski definition) is 3. The van der Waals surface area contributed by atoms with Crippen molar-refractivity contribution in [1.82, 2.24) is 4.90 Å². The van der Waals surface area contributed by atoms with Crippen LogP contribution in [0.5, 0.6) is 11.5 Å². The van der Waals surface area contributed by atoms with Gasteiger partial charge in [-0.2, -0.15) is 0 Å². The van der Waals surface area contributed by atoms with Crippen LogP contribution in [0.4, 0.5) is 0 Å². The largest absolute Gasteiger partial charge is 0.507 e. The van der Waals surface area contributed by atoms with Crippen LogP contribution in [-0.4, -0.2) is 34.1 Å². The number of aromatic hydroxyl groups is 2. The highest BCUT2D eigenvalue weighted by molar-refractivity contribution is 5.99. The summed E-state index contributed by atoms with van der Waals surface area (Å²) in [5.41, 5.74) is 0.0245. The summed E-state index contributed by atoms with van der Waals surface area (Å²) in [6.45, 7) is 3.59. The van der Waals surface area contributed by atoms with E-state index in [0.29, 0.717) is 19.0 Å².